The summed E-state index contributed by atoms with van der Waals surface area (Å²) in [6, 6.07) is 9.92. The van der Waals surface area contributed by atoms with Crippen LogP contribution in [0.5, 0.6) is 5.75 Å². The number of carbonyl (C=O) groups is 1. The minimum absolute atomic E-state index is 0.130. The van der Waals surface area contributed by atoms with Crippen LogP contribution in [0.25, 0.3) is 6.08 Å². The van der Waals surface area contributed by atoms with Gasteiger partial charge in [0, 0.05) is 44.8 Å². The maximum Gasteiger partial charge on any atom is 0.270 e. The molecule has 2 saturated heterocycles. The van der Waals surface area contributed by atoms with Crippen molar-refractivity contribution in [2.75, 3.05) is 51.8 Å². The van der Waals surface area contributed by atoms with E-state index in [1.54, 1.807) is 23.5 Å². The maximum atomic E-state index is 13.5. The number of likely N-dealkylation sites (N-methyl/N-ethyl adjacent to an activating group) is 1. The van der Waals surface area contributed by atoms with Crippen molar-refractivity contribution in [3.05, 3.63) is 61.8 Å². The molecule has 0 aliphatic carbocycles. The molecule has 0 N–H and O–H groups in total. The molecule has 2 fully saturated rings. The van der Waals surface area contributed by atoms with Crippen molar-refractivity contribution in [3.8, 4) is 11.8 Å². The minimum atomic E-state index is -0.262. The number of unbranched alkanes of at least 4 members (excludes halogenated alkanes) is 1. The molecule has 1 amide bonds. The topological polar surface area (TPSA) is 81.8 Å². The van der Waals surface area contributed by atoms with Gasteiger partial charge < -0.3 is 14.5 Å². The Labute approximate surface area is 239 Å². The molecule has 0 spiro atoms. The van der Waals surface area contributed by atoms with Gasteiger partial charge in [-0.1, -0.05) is 49.5 Å². The van der Waals surface area contributed by atoms with E-state index in [4.69, 9.17) is 17.0 Å². The summed E-state index contributed by atoms with van der Waals surface area (Å²) in [4.78, 5) is 33.6. The van der Waals surface area contributed by atoms with Crippen LogP contribution in [0.15, 0.2) is 34.0 Å². The number of thioether (sulfide) groups is 1. The number of aromatic nitrogens is 1. The molecule has 2 aliphatic heterocycles. The number of nitrogens with zero attached hydrogens (tertiary/aromatic N) is 5. The van der Waals surface area contributed by atoms with Gasteiger partial charge in [0.05, 0.1) is 12.0 Å². The molecular formula is C29H35N5O3S2. The highest BCUT2D eigenvalue weighted by atomic mass is 32.2. The van der Waals surface area contributed by atoms with Crippen LogP contribution in [0.4, 0.5) is 5.82 Å². The quantitative estimate of drug-likeness (QED) is 0.333. The number of nitriles is 1. The molecule has 10 heteroatoms. The monoisotopic (exact) mass is 565 g/mol. The Bertz CT molecular complexity index is 1370. The summed E-state index contributed by atoms with van der Waals surface area (Å²) in [6.07, 6.45) is 4.25. The molecule has 0 radical (unpaired) electrons. The standard InChI is InChI=1S/C29H35N5O3S2/c1-5-6-12-33-26(32-16-14-31(3)15-17-32)23(20(2)24(19-30)27(33)35)18-25-28(36)34(29(38)39-25)13-11-21-7-9-22(37-4)10-8-21/h7-10,18H,5-6,11-17H2,1-4H3/b25-18+. The van der Waals surface area contributed by atoms with Crippen LogP contribution in [-0.2, 0) is 17.8 Å². The first-order valence-corrected chi connectivity index (χ1v) is 14.5. The summed E-state index contributed by atoms with van der Waals surface area (Å²) in [5.74, 6) is 1.43. The van der Waals surface area contributed by atoms with E-state index in [0.717, 1.165) is 61.7 Å². The van der Waals surface area contributed by atoms with Crippen molar-refractivity contribution in [1.29, 1.82) is 5.26 Å². The molecule has 8 nitrogen and oxygen atoms in total. The molecule has 4 rings (SSSR count). The van der Waals surface area contributed by atoms with Crippen LogP contribution in [0, 0.1) is 18.3 Å². The van der Waals surface area contributed by atoms with Gasteiger partial charge in [0.2, 0.25) is 0 Å². The summed E-state index contributed by atoms with van der Waals surface area (Å²) in [7, 11) is 3.72. The van der Waals surface area contributed by atoms with E-state index in [1.165, 1.54) is 11.8 Å². The Hall–Kier alpha value is -3.13. The predicted molar refractivity (Wildman–Crippen MR) is 161 cm³/mol. The lowest BCUT2D eigenvalue weighted by Gasteiger charge is -2.36. The molecule has 1 aromatic heterocycles. The summed E-state index contributed by atoms with van der Waals surface area (Å²) in [5, 5.41) is 9.90. The number of benzene rings is 1. The number of rotatable bonds is 9. The maximum absolute atomic E-state index is 13.5. The second-order valence-electron chi connectivity index (χ2n) is 9.88. The largest absolute Gasteiger partial charge is 0.497 e. The van der Waals surface area contributed by atoms with Crippen molar-refractivity contribution >= 4 is 46.1 Å². The van der Waals surface area contributed by atoms with Crippen LogP contribution in [-0.4, -0.2) is 71.5 Å². The van der Waals surface area contributed by atoms with Crippen LogP contribution >= 0.6 is 24.0 Å². The number of methoxy groups -OCH3 is 1. The zero-order valence-corrected chi connectivity index (χ0v) is 24.7. The number of thiocarbonyl (C=S) groups is 1. The SMILES string of the molecule is CCCCn1c(N2CCN(C)CC2)c(/C=C2/SC(=S)N(CCc3ccc(OC)cc3)C2=O)c(C)c(C#N)c1=O. The lowest BCUT2D eigenvalue weighted by atomic mass is 10.0. The highest BCUT2D eigenvalue weighted by Crippen LogP contribution is 2.36. The van der Waals surface area contributed by atoms with Gasteiger partial charge in [-0.25, -0.2) is 0 Å². The number of carbonyl (C=O) groups excluding carboxylic acids is 1. The molecule has 1 aromatic carbocycles. The number of piperazine rings is 1. The van der Waals surface area contributed by atoms with Crippen molar-refractivity contribution in [1.82, 2.24) is 14.4 Å². The molecule has 2 aromatic rings. The Balaban J connectivity index is 1.71. The minimum Gasteiger partial charge on any atom is -0.497 e. The second-order valence-corrected chi connectivity index (χ2v) is 11.6. The third kappa shape index (κ3) is 6.21. The molecule has 206 valence electrons. The number of amides is 1. The van der Waals surface area contributed by atoms with Crippen molar-refractivity contribution in [2.45, 2.75) is 39.7 Å². The summed E-state index contributed by atoms with van der Waals surface area (Å²) >= 11 is 6.88. The number of anilines is 1. The second kappa shape index (κ2) is 12.8. The van der Waals surface area contributed by atoms with E-state index in [9.17, 15) is 14.9 Å². The molecule has 39 heavy (non-hydrogen) atoms. The zero-order chi connectivity index (χ0) is 28.1. The first-order valence-electron chi connectivity index (χ1n) is 13.3. The van der Waals surface area contributed by atoms with E-state index in [0.29, 0.717) is 34.3 Å². The normalized spacial score (nSPS) is 17.3. The molecule has 0 saturated carbocycles. The van der Waals surface area contributed by atoms with Gasteiger partial charge in [-0.2, -0.15) is 5.26 Å². The van der Waals surface area contributed by atoms with Crippen LogP contribution < -0.4 is 15.2 Å². The van der Waals surface area contributed by atoms with Crippen molar-refractivity contribution in [3.63, 3.8) is 0 Å². The van der Waals surface area contributed by atoms with Gasteiger partial charge in [-0.3, -0.25) is 19.1 Å². The van der Waals surface area contributed by atoms with Crippen LogP contribution in [0.3, 0.4) is 0 Å². The Morgan fingerprint density at radius 2 is 1.82 bits per heavy atom. The molecule has 0 unspecified atom stereocenters. The fourth-order valence-electron chi connectivity index (χ4n) is 4.88. The number of ether oxygens (including phenoxy) is 1. The highest BCUT2D eigenvalue weighted by Gasteiger charge is 2.33. The van der Waals surface area contributed by atoms with Gasteiger partial charge in [-0.05, 0) is 56.1 Å². The van der Waals surface area contributed by atoms with Gasteiger partial charge in [0.25, 0.3) is 11.5 Å². The lowest BCUT2D eigenvalue weighted by Crippen LogP contribution is -2.47. The summed E-state index contributed by atoms with van der Waals surface area (Å²) < 4.78 is 7.49. The summed E-state index contributed by atoms with van der Waals surface area (Å²) in [6.45, 7) is 8.14. The third-order valence-electron chi connectivity index (χ3n) is 7.32. The van der Waals surface area contributed by atoms with Crippen molar-refractivity contribution < 1.29 is 9.53 Å². The molecule has 2 aliphatic rings. The van der Waals surface area contributed by atoms with Crippen LogP contribution in [0.2, 0.25) is 0 Å². The lowest BCUT2D eigenvalue weighted by molar-refractivity contribution is -0.122. The number of hydrogen-bond donors (Lipinski definition) is 0. The van der Waals surface area contributed by atoms with Crippen molar-refractivity contribution in [2.24, 2.45) is 0 Å². The average molecular weight is 566 g/mol. The first kappa shape index (κ1) is 28.9. The smallest absolute Gasteiger partial charge is 0.270 e. The van der Waals surface area contributed by atoms with Gasteiger partial charge >= 0.3 is 0 Å². The molecular weight excluding hydrogens is 530 g/mol. The van der Waals surface area contributed by atoms with E-state index < -0.39 is 0 Å². The Kier molecular flexibility index (Phi) is 9.49. The Morgan fingerprint density at radius 1 is 1.13 bits per heavy atom. The van der Waals surface area contributed by atoms with Crippen LogP contribution in [0.1, 0.15) is 42.0 Å². The summed E-state index contributed by atoms with van der Waals surface area (Å²) in [5.41, 5.74) is 2.31. The van der Waals surface area contributed by atoms with E-state index in [-0.39, 0.29) is 17.0 Å². The highest BCUT2D eigenvalue weighted by molar-refractivity contribution is 8.26. The Morgan fingerprint density at radius 3 is 2.44 bits per heavy atom. The number of pyridine rings is 1. The molecule has 0 atom stereocenters. The molecule has 3 heterocycles. The van der Waals surface area contributed by atoms with E-state index in [1.807, 2.05) is 30.3 Å². The average Bonchev–Trinajstić information content (AvgIpc) is 3.21. The van der Waals surface area contributed by atoms with Gasteiger partial charge in [0.1, 0.15) is 27.5 Å². The van der Waals surface area contributed by atoms with Gasteiger partial charge in [0.15, 0.2) is 0 Å². The fraction of sp³-hybridized carbons (Fsp3) is 0.448. The predicted octanol–water partition coefficient (Wildman–Crippen LogP) is 4.03. The first-order chi connectivity index (χ1) is 18.8. The molecule has 0 bridgehead atoms. The van der Waals surface area contributed by atoms with E-state index in [2.05, 4.69) is 29.8 Å². The zero-order valence-electron chi connectivity index (χ0n) is 23.0. The number of hydrogen-bond acceptors (Lipinski definition) is 8. The fourth-order valence-corrected chi connectivity index (χ4v) is 6.17. The van der Waals surface area contributed by atoms with Gasteiger partial charge in [-0.15, -0.1) is 0 Å². The van der Waals surface area contributed by atoms with E-state index >= 15 is 0 Å². The third-order valence-corrected chi connectivity index (χ3v) is 8.69.